The van der Waals surface area contributed by atoms with Crippen LogP contribution in [0.1, 0.15) is 16.7 Å². The van der Waals surface area contributed by atoms with Crippen LogP contribution in [0.3, 0.4) is 0 Å². The van der Waals surface area contributed by atoms with Gasteiger partial charge < -0.3 is 5.32 Å². The van der Waals surface area contributed by atoms with Crippen LogP contribution in [0.15, 0.2) is 76.7 Å². The van der Waals surface area contributed by atoms with E-state index >= 15 is 0 Å². The number of halogens is 1. The number of aryl methyl sites for hydroxylation is 1. The van der Waals surface area contributed by atoms with Crippen LogP contribution in [-0.4, -0.2) is 21.2 Å². The Kier molecular flexibility index (Phi) is 6.63. The largest absolute Gasteiger partial charge is 0.325 e. The Bertz CT molecular complexity index is 1370. The minimum Gasteiger partial charge on any atom is -0.325 e. The van der Waals surface area contributed by atoms with E-state index < -0.39 is 0 Å². The van der Waals surface area contributed by atoms with Crippen LogP contribution in [0.2, 0.25) is 5.02 Å². The van der Waals surface area contributed by atoms with E-state index in [1.54, 1.807) is 22.8 Å². The summed E-state index contributed by atoms with van der Waals surface area (Å²) in [5, 5.41) is 4.59. The number of hydrogen-bond donors (Lipinski definition) is 1. The van der Waals surface area contributed by atoms with E-state index in [0.717, 1.165) is 22.4 Å². The average molecular weight is 464 g/mol. The molecule has 3 aromatic carbocycles. The number of anilines is 1. The number of amides is 1. The summed E-state index contributed by atoms with van der Waals surface area (Å²) >= 11 is 7.37. The summed E-state index contributed by atoms with van der Waals surface area (Å²) in [6.07, 6.45) is 0. The van der Waals surface area contributed by atoms with Crippen molar-refractivity contribution in [1.29, 1.82) is 0 Å². The number of nitrogens with zero attached hydrogens (tertiary/aromatic N) is 2. The Labute approximate surface area is 195 Å². The number of nitrogens with one attached hydrogen (secondary N) is 1. The third-order valence-corrected chi connectivity index (χ3v) is 6.48. The lowest BCUT2D eigenvalue weighted by molar-refractivity contribution is -0.113. The molecule has 1 heterocycles. The van der Waals surface area contributed by atoms with Gasteiger partial charge in [-0.05, 0) is 60.9 Å². The van der Waals surface area contributed by atoms with Crippen molar-refractivity contribution in [3.63, 3.8) is 0 Å². The zero-order chi connectivity index (χ0) is 22.7. The first kappa shape index (κ1) is 22.1. The van der Waals surface area contributed by atoms with Crippen molar-refractivity contribution in [2.75, 3.05) is 11.1 Å². The Balaban J connectivity index is 1.62. The number of thioether (sulfide) groups is 1. The molecule has 0 saturated heterocycles. The van der Waals surface area contributed by atoms with Crippen LogP contribution in [-0.2, 0) is 11.3 Å². The predicted molar refractivity (Wildman–Crippen MR) is 132 cm³/mol. The van der Waals surface area contributed by atoms with Crippen LogP contribution in [0.25, 0.3) is 10.9 Å². The van der Waals surface area contributed by atoms with Gasteiger partial charge in [0.25, 0.3) is 5.56 Å². The lowest BCUT2D eigenvalue weighted by Crippen LogP contribution is -2.25. The van der Waals surface area contributed by atoms with Crippen molar-refractivity contribution in [3.8, 4) is 0 Å². The Morgan fingerprint density at radius 3 is 2.66 bits per heavy atom. The maximum Gasteiger partial charge on any atom is 0.262 e. The van der Waals surface area contributed by atoms with Crippen LogP contribution >= 0.6 is 23.4 Å². The lowest BCUT2D eigenvalue weighted by Gasteiger charge is -2.14. The number of para-hydroxylation sites is 1. The van der Waals surface area contributed by atoms with Crippen molar-refractivity contribution in [2.24, 2.45) is 0 Å². The molecule has 1 N–H and O–H groups in total. The number of carbonyl (C=O) groups excluding carboxylic acids is 1. The number of fused-ring (bicyclic) bond motifs is 1. The molecular weight excluding hydrogens is 442 g/mol. The van der Waals surface area contributed by atoms with Gasteiger partial charge in [-0.3, -0.25) is 14.2 Å². The number of aromatic nitrogens is 2. The highest BCUT2D eigenvalue weighted by atomic mass is 35.5. The van der Waals surface area contributed by atoms with Crippen molar-refractivity contribution in [1.82, 2.24) is 9.55 Å². The quantitative estimate of drug-likeness (QED) is 0.305. The molecular formula is C25H22ClN3O2S. The highest BCUT2D eigenvalue weighted by molar-refractivity contribution is 7.99. The fraction of sp³-hybridized carbons (Fsp3) is 0.160. The average Bonchev–Trinajstić information content (AvgIpc) is 2.78. The smallest absolute Gasteiger partial charge is 0.262 e. The monoisotopic (exact) mass is 463 g/mol. The van der Waals surface area contributed by atoms with Gasteiger partial charge in [-0.25, -0.2) is 4.98 Å². The first-order valence-corrected chi connectivity index (χ1v) is 11.5. The highest BCUT2D eigenvalue weighted by Crippen LogP contribution is 2.22. The zero-order valence-corrected chi connectivity index (χ0v) is 19.3. The van der Waals surface area contributed by atoms with E-state index in [4.69, 9.17) is 11.6 Å². The third kappa shape index (κ3) is 4.87. The molecule has 0 unspecified atom stereocenters. The molecule has 0 spiro atoms. The first-order valence-electron chi connectivity index (χ1n) is 10.2. The minimum atomic E-state index is -0.152. The Hall–Kier alpha value is -3.09. The van der Waals surface area contributed by atoms with Crippen molar-refractivity contribution < 1.29 is 4.79 Å². The molecule has 5 nitrogen and oxygen atoms in total. The predicted octanol–water partition coefficient (Wildman–Crippen LogP) is 5.45. The number of carbonyl (C=O) groups is 1. The van der Waals surface area contributed by atoms with E-state index in [1.807, 2.05) is 62.4 Å². The van der Waals surface area contributed by atoms with Gasteiger partial charge in [0.15, 0.2) is 5.16 Å². The molecule has 1 aromatic heterocycles. The molecule has 162 valence electrons. The molecule has 32 heavy (non-hydrogen) atoms. The Morgan fingerprint density at radius 1 is 1.06 bits per heavy atom. The molecule has 0 aliphatic heterocycles. The molecule has 4 rings (SSSR count). The first-order chi connectivity index (χ1) is 15.4. The fourth-order valence-electron chi connectivity index (χ4n) is 3.42. The third-order valence-electron chi connectivity index (χ3n) is 5.27. The second kappa shape index (κ2) is 9.59. The fourth-order valence-corrected chi connectivity index (χ4v) is 4.43. The highest BCUT2D eigenvalue weighted by Gasteiger charge is 2.14. The molecule has 0 saturated carbocycles. The molecule has 0 aliphatic rings. The van der Waals surface area contributed by atoms with Gasteiger partial charge in [-0.1, -0.05) is 59.8 Å². The van der Waals surface area contributed by atoms with Gasteiger partial charge in [0, 0.05) is 10.7 Å². The maximum absolute atomic E-state index is 13.2. The van der Waals surface area contributed by atoms with E-state index in [-0.39, 0.29) is 17.2 Å². The number of hydrogen-bond acceptors (Lipinski definition) is 4. The molecule has 0 atom stereocenters. The SMILES string of the molecule is Cc1cccc(NC(=O)CSc2nc3ccccc3c(=O)n2Cc2cccc(Cl)c2)c1C. The molecule has 0 radical (unpaired) electrons. The van der Waals surface area contributed by atoms with Gasteiger partial charge in [-0.15, -0.1) is 0 Å². The molecule has 4 aromatic rings. The number of rotatable bonds is 6. The van der Waals surface area contributed by atoms with Gasteiger partial charge in [0.05, 0.1) is 23.2 Å². The zero-order valence-electron chi connectivity index (χ0n) is 17.8. The standard InChI is InChI=1S/C25H22ClN3O2S/c1-16-7-5-12-21(17(16)2)27-23(30)15-32-25-28-22-11-4-3-10-20(22)24(31)29(25)14-18-8-6-9-19(26)13-18/h3-13H,14-15H2,1-2H3,(H,27,30). The summed E-state index contributed by atoms with van der Waals surface area (Å²) in [5.41, 5.74) is 4.29. The lowest BCUT2D eigenvalue weighted by atomic mass is 10.1. The van der Waals surface area contributed by atoms with Crippen LogP contribution in [0, 0.1) is 13.8 Å². The summed E-state index contributed by atoms with van der Waals surface area (Å²) in [7, 11) is 0. The van der Waals surface area contributed by atoms with Crippen LogP contribution in [0.4, 0.5) is 5.69 Å². The minimum absolute atomic E-state index is 0.133. The molecule has 7 heteroatoms. The molecule has 1 amide bonds. The molecule has 0 fully saturated rings. The summed E-state index contributed by atoms with van der Waals surface area (Å²) in [6.45, 7) is 4.30. The van der Waals surface area contributed by atoms with Crippen LogP contribution < -0.4 is 10.9 Å². The summed E-state index contributed by atoms with van der Waals surface area (Å²) in [6, 6.07) is 20.4. The van der Waals surface area contributed by atoms with E-state index in [2.05, 4.69) is 10.3 Å². The van der Waals surface area contributed by atoms with Crippen molar-refractivity contribution in [2.45, 2.75) is 25.5 Å². The number of benzene rings is 3. The maximum atomic E-state index is 13.2. The molecule has 0 bridgehead atoms. The summed E-state index contributed by atoms with van der Waals surface area (Å²) in [5.74, 6) is -0.0197. The van der Waals surface area contributed by atoms with E-state index in [0.29, 0.717) is 27.6 Å². The van der Waals surface area contributed by atoms with Gasteiger partial charge >= 0.3 is 0 Å². The second-order valence-corrected chi connectivity index (χ2v) is 8.90. The summed E-state index contributed by atoms with van der Waals surface area (Å²) in [4.78, 5) is 30.6. The van der Waals surface area contributed by atoms with Gasteiger partial charge in [0.2, 0.25) is 5.91 Å². The molecule has 0 aliphatic carbocycles. The van der Waals surface area contributed by atoms with Gasteiger partial charge in [-0.2, -0.15) is 0 Å². The summed E-state index contributed by atoms with van der Waals surface area (Å²) < 4.78 is 1.60. The van der Waals surface area contributed by atoms with E-state index in [9.17, 15) is 9.59 Å². The van der Waals surface area contributed by atoms with Crippen molar-refractivity contribution >= 4 is 45.9 Å². The normalized spacial score (nSPS) is 11.0. The van der Waals surface area contributed by atoms with Crippen molar-refractivity contribution in [3.05, 3.63) is 98.8 Å². The van der Waals surface area contributed by atoms with Crippen LogP contribution in [0.5, 0.6) is 0 Å². The second-order valence-electron chi connectivity index (χ2n) is 7.52. The Morgan fingerprint density at radius 2 is 1.84 bits per heavy atom. The van der Waals surface area contributed by atoms with Gasteiger partial charge in [0.1, 0.15) is 0 Å². The van der Waals surface area contributed by atoms with E-state index in [1.165, 1.54) is 11.8 Å². The topological polar surface area (TPSA) is 64.0 Å².